The van der Waals surface area contributed by atoms with E-state index in [0.29, 0.717) is 12.0 Å². The van der Waals surface area contributed by atoms with E-state index in [0.717, 1.165) is 37.7 Å². The van der Waals surface area contributed by atoms with Crippen molar-refractivity contribution in [2.24, 2.45) is 0 Å². The number of benzene rings is 1. The molecule has 1 aromatic heterocycles. The number of hydrogen-bond donors (Lipinski definition) is 1. The van der Waals surface area contributed by atoms with Gasteiger partial charge in [0.15, 0.2) is 0 Å². The Labute approximate surface area is 125 Å². The lowest BCUT2D eigenvalue weighted by molar-refractivity contribution is 0.295. The van der Waals surface area contributed by atoms with Crippen LogP contribution in [-0.4, -0.2) is 34.0 Å². The van der Waals surface area contributed by atoms with Crippen LogP contribution in [0.5, 0.6) is 5.75 Å². The second-order valence-corrected chi connectivity index (χ2v) is 5.32. The lowest BCUT2D eigenvalue weighted by atomic mass is 9.91. The molecule has 1 N–H and O–H groups in total. The van der Waals surface area contributed by atoms with Gasteiger partial charge in [0, 0.05) is 30.5 Å². The molecule has 0 radical (unpaired) electrons. The zero-order valence-corrected chi connectivity index (χ0v) is 12.6. The largest absolute Gasteiger partial charge is 0.493 e. The second-order valence-electron chi connectivity index (χ2n) is 5.32. The first kappa shape index (κ1) is 14.1. The molecule has 2 heterocycles. The number of likely N-dealkylation sites (N-methyl/N-ethyl adjacent to an activating group) is 1. The van der Waals surface area contributed by atoms with Gasteiger partial charge in [-0.05, 0) is 19.5 Å². The summed E-state index contributed by atoms with van der Waals surface area (Å²) in [5.41, 5.74) is 1.30. The van der Waals surface area contributed by atoms with Crippen LogP contribution in [0.3, 0.4) is 0 Å². The number of rotatable bonds is 6. The first-order valence-corrected chi connectivity index (χ1v) is 7.65. The first-order valence-electron chi connectivity index (χ1n) is 7.65. The lowest BCUT2D eigenvalue weighted by Crippen LogP contribution is -2.38. The van der Waals surface area contributed by atoms with Crippen LogP contribution >= 0.6 is 0 Å². The molecule has 0 fully saturated rings. The summed E-state index contributed by atoms with van der Waals surface area (Å²) in [4.78, 5) is 4.41. The third kappa shape index (κ3) is 2.78. The van der Waals surface area contributed by atoms with Crippen LogP contribution in [0.25, 0.3) is 0 Å². The van der Waals surface area contributed by atoms with Gasteiger partial charge < -0.3 is 10.1 Å². The fourth-order valence-electron chi connectivity index (χ4n) is 3.05. The van der Waals surface area contributed by atoms with E-state index < -0.39 is 0 Å². The normalized spacial score (nSPS) is 18.3. The minimum atomic E-state index is 0.313. The molecular formula is C16H22N4O. The molecule has 5 nitrogen and oxygen atoms in total. The Bertz CT molecular complexity index is 595. The highest BCUT2D eigenvalue weighted by Gasteiger charge is 2.31. The maximum Gasteiger partial charge on any atom is 0.138 e. The van der Waals surface area contributed by atoms with Crippen LogP contribution in [0.1, 0.15) is 31.2 Å². The minimum absolute atomic E-state index is 0.313. The Morgan fingerprint density at radius 2 is 2.24 bits per heavy atom. The number of para-hydroxylation sites is 1. The molecule has 0 aliphatic carbocycles. The summed E-state index contributed by atoms with van der Waals surface area (Å²) in [7, 11) is 0. The van der Waals surface area contributed by atoms with Crippen molar-refractivity contribution in [2.45, 2.75) is 38.8 Å². The number of nitrogens with one attached hydrogen (secondary N) is 1. The van der Waals surface area contributed by atoms with Crippen molar-refractivity contribution in [1.82, 2.24) is 20.1 Å². The van der Waals surface area contributed by atoms with E-state index in [4.69, 9.17) is 4.74 Å². The average Bonchev–Trinajstić information content (AvgIpc) is 3.12. The van der Waals surface area contributed by atoms with E-state index in [2.05, 4.69) is 41.4 Å². The van der Waals surface area contributed by atoms with E-state index >= 15 is 0 Å². The summed E-state index contributed by atoms with van der Waals surface area (Å²) in [6, 6.07) is 8.64. The number of aromatic nitrogens is 3. The van der Waals surface area contributed by atoms with Gasteiger partial charge in [0.05, 0.1) is 6.61 Å². The third-order valence-electron chi connectivity index (χ3n) is 4.09. The molecule has 1 aliphatic rings. The zero-order valence-electron chi connectivity index (χ0n) is 12.6. The molecule has 0 bridgehead atoms. The highest BCUT2D eigenvalue weighted by molar-refractivity contribution is 5.40. The minimum Gasteiger partial charge on any atom is -0.493 e. The highest BCUT2D eigenvalue weighted by atomic mass is 16.5. The molecule has 1 aliphatic heterocycles. The molecule has 112 valence electrons. The smallest absolute Gasteiger partial charge is 0.138 e. The molecule has 1 aromatic carbocycles. The van der Waals surface area contributed by atoms with E-state index in [9.17, 15) is 0 Å². The molecule has 3 rings (SSSR count). The molecule has 0 saturated heterocycles. The zero-order chi connectivity index (χ0) is 14.7. The number of fused-ring (bicyclic) bond motifs is 1. The summed E-state index contributed by atoms with van der Waals surface area (Å²) in [6.07, 6.45) is 2.50. The van der Waals surface area contributed by atoms with Gasteiger partial charge in [0.1, 0.15) is 17.9 Å². The fourth-order valence-corrected chi connectivity index (χ4v) is 3.05. The Hall–Kier alpha value is -1.88. The molecule has 0 spiro atoms. The van der Waals surface area contributed by atoms with Crippen LogP contribution in [0.2, 0.25) is 0 Å². The van der Waals surface area contributed by atoms with Crippen LogP contribution in [0, 0.1) is 0 Å². The summed E-state index contributed by atoms with van der Waals surface area (Å²) in [5, 5.41) is 7.86. The van der Waals surface area contributed by atoms with Gasteiger partial charge >= 0.3 is 0 Å². The molecule has 2 aromatic rings. The maximum atomic E-state index is 5.83. The third-order valence-corrected chi connectivity index (χ3v) is 4.09. The van der Waals surface area contributed by atoms with Gasteiger partial charge in [-0.25, -0.2) is 4.98 Å². The Balaban J connectivity index is 1.82. The Kier molecular flexibility index (Phi) is 4.20. The van der Waals surface area contributed by atoms with E-state index in [1.165, 1.54) is 5.56 Å². The molecule has 5 heteroatoms. The van der Waals surface area contributed by atoms with Crippen molar-refractivity contribution in [2.75, 3.05) is 13.2 Å². The lowest BCUT2D eigenvalue weighted by Gasteiger charge is -2.23. The number of aryl methyl sites for hydroxylation is 1. The van der Waals surface area contributed by atoms with Crippen LogP contribution in [-0.2, 0) is 13.0 Å². The summed E-state index contributed by atoms with van der Waals surface area (Å²) in [6.45, 7) is 6.75. The summed E-state index contributed by atoms with van der Waals surface area (Å²) in [5.74, 6) is 2.42. The van der Waals surface area contributed by atoms with E-state index in [1.807, 2.05) is 16.8 Å². The molecule has 21 heavy (non-hydrogen) atoms. The molecule has 0 saturated carbocycles. The second kappa shape index (κ2) is 6.26. The predicted molar refractivity (Wildman–Crippen MR) is 81.5 cm³/mol. The highest BCUT2D eigenvalue weighted by Crippen LogP contribution is 2.36. The van der Waals surface area contributed by atoms with Crippen LogP contribution < -0.4 is 10.1 Å². The monoisotopic (exact) mass is 286 g/mol. The van der Waals surface area contributed by atoms with Crippen molar-refractivity contribution in [3.63, 3.8) is 0 Å². The van der Waals surface area contributed by atoms with Crippen molar-refractivity contribution in [3.8, 4) is 5.75 Å². The molecule has 2 unspecified atom stereocenters. The van der Waals surface area contributed by atoms with Crippen LogP contribution in [0.4, 0.5) is 0 Å². The quantitative estimate of drug-likeness (QED) is 0.882. The summed E-state index contributed by atoms with van der Waals surface area (Å²) >= 11 is 0. The van der Waals surface area contributed by atoms with Gasteiger partial charge in [-0.2, -0.15) is 5.10 Å². The van der Waals surface area contributed by atoms with E-state index in [1.54, 1.807) is 6.33 Å². The Morgan fingerprint density at radius 3 is 3.05 bits per heavy atom. The van der Waals surface area contributed by atoms with Crippen molar-refractivity contribution >= 4 is 0 Å². The average molecular weight is 286 g/mol. The number of hydrogen-bond acceptors (Lipinski definition) is 4. The SMILES string of the molecule is CCNC(Cc1ncnn1CC)C1COc2ccccc21. The van der Waals surface area contributed by atoms with Crippen molar-refractivity contribution in [1.29, 1.82) is 0 Å². The molecule has 0 amide bonds. The predicted octanol–water partition coefficient (Wildman–Crippen LogP) is 1.99. The standard InChI is InChI=1S/C16H22N4O/c1-3-17-14(9-16-18-11-19-20(16)4-2)13-10-21-15-8-6-5-7-12(13)15/h5-8,11,13-14,17H,3-4,9-10H2,1-2H3. The number of ether oxygens (including phenoxy) is 1. The number of nitrogens with zero attached hydrogens (tertiary/aromatic N) is 3. The molecule has 2 atom stereocenters. The Morgan fingerprint density at radius 1 is 1.38 bits per heavy atom. The van der Waals surface area contributed by atoms with Gasteiger partial charge in [0.25, 0.3) is 0 Å². The first-order chi connectivity index (χ1) is 10.3. The van der Waals surface area contributed by atoms with Gasteiger partial charge in [-0.3, -0.25) is 4.68 Å². The van der Waals surface area contributed by atoms with E-state index in [-0.39, 0.29) is 0 Å². The topological polar surface area (TPSA) is 52.0 Å². The maximum absolute atomic E-state index is 5.83. The van der Waals surface area contributed by atoms with Crippen molar-refractivity contribution in [3.05, 3.63) is 42.0 Å². The van der Waals surface area contributed by atoms with Crippen LogP contribution in [0.15, 0.2) is 30.6 Å². The fraction of sp³-hybridized carbons (Fsp3) is 0.500. The van der Waals surface area contributed by atoms with Gasteiger partial charge in [0.2, 0.25) is 0 Å². The van der Waals surface area contributed by atoms with Gasteiger partial charge in [-0.1, -0.05) is 25.1 Å². The van der Waals surface area contributed by atoms with Gasteiger partial charge in [-0.15, -0.1) is 0 Å². The molecular weight excluding hydrogens is 264 g/mol. The summed E-state index contributed by atoms with van der Waals surface area (Å²) < 4.78 is 7.80. The van der Waals surface area contributed by atoms with Crippen molar-refractivity contribution < 1.29 is 4.74 Å².